The van der Waals surface area contributed by atoms with Crippen molar-refractivity contribution in [2.24, 2.45) is 0 Å². The average molecular weight is 504 g/mol. The fourth-order valence-electron chi connectivity index (χ4n) is 4.52. The summed E-state index contributed by atoms with van der Waals surface area (Å²) in [6, 6.07) is 8.43. The van der Waals surface area contributed by atoms with Crippen molar-refractivity contribution >= 4 is 28.2 Å². The standard InChI is InChI=1S/C28H27F2N5O2/c1-15-20(25-21-13-24(16-6-8-31-9-7-16)34-26(21)33-14-32-25)11-18(29)12-23(15)35-27(36)19-5-4-17(10-22(19)30)28(2,3)37/h4-6,10-14,31,37H,7-9H2,1-3H3,(H,35,36)(H,32,33,34). The molecule has 2 aromatic heterocycles. The molecule has 5 rings (SSSR count). The number of nitrogens with zero attached hydrogens (tertiary/aromatic N) is 2. The van der Waals surface area contributed by atoms with Crippen LogP contribution in [0.5, 0.6) is 0 Å². The van der Waals surface area contributed by atoms with E-state index >= 15 is 0 Å². The molecular formula is C28H27F2N5O2. The van der Waals surface area contributed by atoms with Crippen LogP contribution in [0.15, 0.2) is 48.8 Å². The van der Waals surface area contributed by atoms with Crippen LogP contribution in [-0.2, 0) is 5.60 Å². The van der Waals surface area contributed by atoms with Gasteiger partial charge in [0.1, 0.15) is 23.6 Å². The molecule has 3 heterocycles. The summed E-state index contributed by atoms with van der Waals surface area (Å²) in [6.07, 6.45) is 4.41. The van der Waals surface area contributed by atoms with Gasteiger partial charge in [-0.25, -0.2) is 18.7 Å². The number of halogens is 2. The third-order valence-corrected chi connectivity index (χ3v) is 6.63. The molecule has 0 atom stereocenters. The minimum Gasteiger partial charge on any atom is -0.386 e. The number of benzene rings is 2. The number of nitrogens with one attached hydrogen (secondary N) is 3. The lowest BCUT2D eigenvalue weighted by molar-refractivity contribution is 0.0780. The van der Waals surface area contributed by atoms with Crippen LogP contribution in [0.3, 0.4) is 0 Å². The molecule has 0 radical (unpaired) electrons. The Hall–Kier alpha value is -3.95. The Morgan fingerprint density at radius 1 is 1.14 bits per heavy atom. The van der Waals surface area contributed by atoms with E-state index in [1.165, 1.54) is 50.0 Å². The van der Waals surface area contributed by atoms with E-state index in [2.05, 4.69) is 31.7 Å². The van der Waals surface area contributed by atoms with Gasteiger partial charge in [0.25, 0.3) is 5.91 Å². The summed E-state index contributed by atoms with van der Waals surface area (Å²) in [7, 11) is 0. The number of anilines is 1. The highest BCUT2D eigenvalue weighted by Gasteiger charge is 2.22. The average Bonchev–Trinajstić information content (AvgIpc) is 3.30. The van der Waals surface area contributed by atoms with Gasteiger partial charge in [-0.3, -0.25) is 4.79 Å². The van der Waals surface area contributed by atoms with Crippen LogP contribution in [0.2, 0.25) is 0 Å². The summed E-state index contributed by atoms with van der Waals surface area (Å²) in [4.78, 5) is 25.0. The van der Waals surface area contributed by atoms with Crippen molar-refractivity contribution in [3.8, 4) is 11.3 Å². The number of carbonyl (C=O) groups excluding carboxylic acids is 1. The lowest BCUT2D eigenvalue weighted by Crippen LogP contribution is -2.20. The smallest absolute Gasteiger partial charge is 0.258 e. The zero-order chi connectivity index (χ0) is 26.3. The van der Waals surface area contributed by atoms with Crippen molar-refractivity contribution < 1.29 is 18.7 Å². The molecule has 1 aliphatic rings. The Morgan fingerprint density at radius 2 is 1.95 bits per heavy atom. The first-order valence-corrected chi connectivity index (χ1v) is 12.0. The molecule has 190 valence electrons. The maximum absolute atomic E-state index is 14.8. The SMILES string of the molecule is Cc1c(NC(=O)c2ccc(C(C)(C)O)cc2F)cc(F)cc1-c1ncnc2[nH]c(C3=CCNCC3)cc12. The number of aromatic amines is 1. The van der Waals surface area contributed by atoms with Crippen LogP contribution in [0.25, 0.3) is 27.9 Å². The quantitative estimate of drug-likeness (QED) is 0.305. The van der Waals surface area contributed by atoms with Crippen molar-refractivity contribution in [1.29, 1.82) is 0 Å². The van der Waals surface area contributed by atoms with E-state index in [1.807, 2.05) is 6.07 Å². The summed E-state index contributed by atoms with van der Waals surface area (Å²) >= 11 is 0. The minimum atomic E-state index is -1.25. The predicted molar refractivity (Wildman–Crippen MR) is 139 cm³/mol. The molecule has 0 fully saturated rings. The molecule has 4 N–H and O–H groups in total. The fraction of sp³-hybridized carbons (Fsp3) is 0.250. The number of aromatic nitrogens is 3. The van der Waals surface area contributed by atoms with Gasteiger partial charge < -0.3 is 20.7 Å². The molecule has 1 aliphatic heterocycles. The third-order valence-electron chi connectivity index (χ3n) is 6.63. The molecule has 37 heavy (non-hydrogen) atoms. The van der Waals surface area contributed by atoms with Gasteiger partial charge in [-0.2, -0.15) is 0 Å². The zero-order valence-electron chi connectivity index (χ0n) is 20.7. The number of fused-ring (bicyclic) bond motifs is 1. The highest BCUT2D eigenvalue weighted by molar-refractivity contribution is 6.05. The van der Waals surface area contributed by atoms with Gasteiger partial charge in [0.2, 0.25) is 0 Å². The topological polar surface area (TPSA) is 103 Å². The molecule has 9 heteroatoms. The minimum absolute atomic E-state index is 0.203. The van der Waals surface area contributed by atoms with Gasteiger partial charge in [0.15, 0.2) is 0 Å². The van der Waals surface area contributed by atoms with Gasteiger partial charge in [0.05, 0.1) is 16.9 Å². The van der Waals surface area contributed by atoms with E-state index < -0.39 is 23.1 Å². The summed E-state index contributed by atoms with van der Waals surface area (Å²) in [6.45, 7) is 6.47. The molecule has 7 nitrogen and oxygen atoms in total. The number of amides is 1. The lowest BCUT2D eigenvalue weighted by atomic mass is 9.96. The van der Waals surface area contributed by atoms with E-state index in [9.17, 15) is 18.7 Å². The van der Waals surface area contributed by atoms with E-state index in [4.69, 9.17) is 0 Å². The van der Waals surface area contributed by atoms with Crippen molar-refractivity contribution in [3.05, 3.63) is 82.8 Å². The Balaban J connectivity index is 1.51. The second-order valence-corrected chi connectivity index (χ2v) is 9.68. The van der Waals surface area contributed by atoms with Gasteiger partial charge in [0, 0.05) is 28.9 Å². The molecule has 0 saturated carbocycles. The normalized spacial score (nSPS) is 14.1. The molecule has 0 saturated heterocycles. The summed E-state index contributed by atoms with van der Waals surface area (Å²) in [5.41, 5.74) is 3.40. The van der Waals surface area contributed by atoms with Crippen LogP contribution in [0, 0.1) is 18.6 Å². The first-order valence-electron chi connectivity index (χ1n) is 12.0. The third kappa shape index (κ3) is 4.87. The number of H-pyrrole nitrogens is 1. The number of hydrogen-bond acceptors (Lipinski definition) is 5. The lowest BCUT2D eigenvalue weighted by Gasteiger charge is -2.18. The molecule has 0 spiro atoms. The van der Waals surface area contributed by atoms with Crippen molar-refractivity contribution in [2.75, 3.05) is 18.4 Å². The Labute approximate surface area is 212 Å². The Morgan fingerprint density at radius 3 is 2.65 bits per heavy atom. The van der Waals surface area contributed by atoms with Crippen molar-refractivity contribution in [2.45, 2.75) is 32.8 Å². The maximum Gasteiger partial charge on any atom is 0.258 e. The van der Waals surface area contributed by atoms with Crippen LogP contribution in [0.4, 0.5) is 14.5 Å². The fourth-order valence-corrected chi connectivity index (χ4v) is 4.52. The van der Waals surface area contributed by atoms with Gasteiger partial charge >= 0.3 is 0 Å². The van der Waals surface area contributed by atoms with Gasteiger partial charge in [-0.15, -0.1) is 0 Å². The van der Waals surface area contributed by atoms with Crippen LogP contribution < -0.4 is 10.6 Å². The second kappa shape index (κ2) is 9.49. The summed E-state index contributed by atoms with van der Waals surface area (Å²) < 4.78 is 29.5. The summed E-state index contributed by atoms with van der Waals surface area (Å²) in [5, 5.41) is 16.8. The van der Waals surface area contributed by atoms with Crippen LogP contribution in [-0.4, -0.2) is 39.1 Å². The van der Waals surface area contributed by atoms with Crippen molar-refractivity contribution in [3.63, 3.8) is 0 Å². The largest absolute Gasteiger partial charge is 0.386 e. The molecule has 0 aliphatic carbocycles. The number of aliphatic hydroxyl groups is 1. The highest BCUT2D eigenvalue weighted by Crippen LogP contribution is 2.34. The van der Waals surface area contributed by atoms with E-state index in [0.29, 0.717) is 28.0 Å². The first-order chi connectivity index (χ1) is 17.6. The number of rotatable bonds is 5. The van der Waals surface area contributed by atoms with E-state index in [1.54, 1.807) is 6.92 Å². The predicted octanol–water partition coefficient (Wildman–Crippen LogP) is 5.07. The Kier molecular flexibility index (Phi) is 6.35. The molecule has 4 aromatic rings. The van der Waals surface area contributed by atoms with Gasteiger partial charge in [-0.1, -0.05) is 12.1 Å². The second-order valence-electron chi connectivity index (χ2n) is 9.68. The summed E-state index contributed by atoms with van der Waals surface area (Å²) in [5.74, 6) is -2.08. The monoisotopic (exact) mass is 503 g/mol. The van der Waals surface area contributed by atoms with E-state index in [0.717, 1.165) is 36.7 Å². The number of hydrogen-bond donors (Lipinski definition) is 4. The highest BCUT2D eigenvalue weighted by atomic mass is 19.1. The first kappa shape index (κ1) is 24.7. The van der Waals surface area contributed by atoms with Crippen molar-refractivity contribution in [1.82, 2.24) is 20.3 Å². The molecule has 0 bridgehead atoms. The molecule has 2 aromatic carbocycles. The maximum atomic E-state index is 14.8. The zero-order valence-corrected chi connectivity index (χ0v) is 20.7. The van der Waals surface area contributed by atoms with Gasteiger partial charge in [-0.05, 0) is 80.8 Å². The Bertz CT molecular complexity index is 1550. The van der Waals surface area contributed by atoms with E-state index in [-0.39, 0.29) is 11.3 Å². The molecule has 0 unspecified atom stereocenters. The molecular weight excluding hydrogens is 476 g/mol. The number of carbonyl (C=O) groups is 1. The van der Waals surface area contributed by atoms with Crippen LogP contribution in [0.1, 0.15) is 47.4 Å². The molecule has 1 amide bonds. The van der Waals surface area contributed by atoms with Crippen LogP contribution >= 0.6 is 0 Å².